The number of halogens is 1. The van der Waals surface area contributed by atoms with E-state index in [4.69, 9.17) is 10.9 Å². The van der Waals surface area contributed by atoms with E-state index in [9.17, 15) is 0 Å². The van der Waals surface area contributed by atoms with Crippen LogP contribution in [0.25, 0.3) is 0 Å². The normalized spacial score (nSPS) is 9.75. The SMILES string of the molecule is C[n+]1cccc(C=NO)c1N.[I-]. The van der Waals surface area contributed by atoms with Crippen molar-refractivity contribution in [3.63, 3.8) is 0 Å². The third-order valence-electron chi connectivity index (χ3n) is 1.46. The Morgan fingerprint density at radius 1 is 1.67 bits per heavy atom. The van der Waals surface area contributed by atoms with E-state index >= 15 is 0 Å². The second-order valence-electron chi connectivity index (χ2n) is 2.20. The maximum absolute atomic E-state index is 8.24. The van der Waals surface area contributed by atoms with Crippen molar-refractivity contribution in [1.29, 1.82) is 0 Å². The molecule has 1 heterocycles. The van der Waals surface area contributed by atoms with E-state index in [1.165, 1.54) is 6.21 Å². The third kappa shape index (κ3) is 2.33. The van der Waals surface area contributed by atoms with Crippen molar-refractivity contribution in [3.8, 4) is 0 Å². The highest BCUT2D eigenvalue weighted by molar-refractivity contribution is 5.83. The maximum Gasteiger partial charge on any atom is 0.281 e. The van der Waals surface area contributed by atoms with Crippen LogP contribution >= 0.6 is 0 Å². The van der Waals surface area contributed by atoms with E-state index in [0.29, 0.717) is 11.4 Å². The number of aryl methyl sites for hydroxylation is 1. The van der Waals surface area contributed by atoms with Gasteiger partial charge in [-0.05, 0) is 12.1 Å². The monoisotopic (exact) mass is 279 g/mol. The predicted molar refractivity (Wildman–Crippen MR) is 41.4 cm³/mol. The molecule has 0 bridgehead atoms. The lowest BCUT2D eigenvalue weighted by molar-refractivity contribution is -0.656. The number of nitrogen functional groups attached to an aromatic ring is 1. The summed E-state index contributed by atoms with van der Waals surface area (Å²) in [5, 5.41) is 11.1. The molecule has 5 heteroatoms. The number of rotatable bonds is 1. The minimum atomic E-state index is 0. The van der Waals surface area contributed by atoms with Crippen molar-refractivity contribution in [2.45, 2.75) is 0 Å². The van der Waals surface area contributed by atoms with Crippen LogP contribution in [0.5, 0.6) is 0 Å². The van der Waals surface area contributed by atoms with Crippen LogP contribution in [0.2, 0.25) is 0 Å². The summed E-state index contributed by atoms with van der Waals surface area (Å²) in [4.78, 5) is 0. The van der Waals surface area contributed by atoms with Gasteiger partial charge in [0.15, 0.2) is 0 Å². The van der Waals surface area contributed by atoms with Crippen LogP contribution < -0.4 is 34.3 Å². The van der Waals surface area contributed by atoms with Gasteiger partial charge in [0.1, 0.15) is 0 Å². The topological polar surface area (TPSA) is 62.5 Å². The molecule has 0 aliphatic rings. The highest BCUT2D eigenvalue weighted by Gasteiger charge is 2.03. The molecule has 0 aromatic carbocycles. The molecule has 0 atom stereocenters. The van der Waals surface area contributed by atoms with Crippen LogP contribution in [-0.4, -0.2) is 11.4 Å². The molecule has 1 rings (SSSR count). The molecule has 12 heavy (non-hydrogen) atoms. The van der Waals surface area contributed by atoms with E-state index in [-0.39, 0.29) is 24.0 Å². The summed E-state index contributed by atoms with van der Waals surface area (Å²) in [6.07, 6.45) is 3.12. The summed E-state index contributed by atoms with van der Waals surface area (Å²) in [5.74, 6) is 0.574. The van der Waals surface area contributed by atoms with Crippen LogP contribution in [-0.2, 0) is 7.05 Å². The van der Waals surface area contributed by atoms with Crippen molar-refractivity contribution in [3.05, 3.63) is 23.9 Å². The van der Waals surface area contributed by atoms with Gasteiger partial charge >= 0.3 is 0 Å². The first-order chi connectivity index (χ1) is 5.25. The number of nitrogens with two attached hydrogens (primary N) is 1. The van der Waals surface area contributed by atoms with E-state index in [0.717, 1.165) is 0 Å². The lowest BCUT2D eigenvalue weighted by Crippen LogP contribution is -3.00. The quantitative estimate of drug-likeness (QED) is 0.188. The van der Waals surface area contributed by atoms with Crippen LogP contribution in [0.1, 0.15) is 5.56 Å². The van der Waals surface area contributed by atoms with E-state index < -0.39 is 0 Å². The van der Waals surface area contributed by atoms with E-state index in [1.807, 2.05) is 19.3 Å². The molecule has 0 aliphatic carbocycles. The molecule has 0 spiro atoms. The molecular formula is C7H10IN3O. The molecule has 0 saturated carbocycles. The molecule has 66 valence electrons. The van der Waals surface area contributed by atoms with Gasteiger partial charge in [-0.2, -0.15) is 0 Å². The first-order valence-corrected chi connectivity index (χ1v) is 3.17. The fourth-order valence-corrected chi connectivity index (χ4v) is 0.816. The molecule has 1 aromatic heterocycles. The van der Waals surface area contributed by atoms with Crippen molar-refractivity contribution in [2.75, 3.05) is 5.73 Å². The molecule has 0 aliphatic heterocycles. The number of oxime groups is 1. The largest absolute Gasteiger partial charge is 1.00 e. The Morgan fingerprint density at radius 2 is 2.33 bits per heavy atom. The van der Waals surface area contributed by atoms with Crippen LogP contribution in [0.15, 0.2) is 23.5 Å². The summed E-state index contributed by atoms with van der Waals surface area (Å²) < 4.78 is 1.75. The summed E-state index contributed by atoms with van der Waals surface area (Å²) in [6, 6.07) is 3.60. The summed E-state index contributed by atoms with van der Waals surface area (Å²) in [7, 11) is 1.82. The Morgan fingerprint density at radius 3 is 2.92 bits per heavy atom. The molecule has 0 saturated heterocycles. The van der Waals surface area contributed by atoms with Gasteiger partial charge < -0.3 is 29.2 Å². The van der Waals surface area contributed by atoms with Gasteiger partial charge in [-0.15, -0.1) is 0 Å². The summed E-state index contributed by atoms with van der Waals surface area (Å²) >= 11 is 0. The van der Waals surface area contributed by atoms with Gasteiger partial charge in [0, 0.05) is 0 Å². The molecule has 0 amide bonds. The lowest BCUT2D eigenvalue weighted by Gasteiger charge is -1.96. The standard InChI is InChI=1S/C7H9N3O.HI/c1-10-4-2-3-6(5-9-11)7(10)8;/h2-5,8,11H,1H3;1H. The molecule has 0 fully saturated rings. The fraction of sp³-hybridized carbons (Fsp3) is 0.143. The average Bonchev–Trinajstić information content (AvgIpc) is 1.99. The fourth-order valence-electron chi connectivity index (χ4n) is 0.816. The van der Waals surface area contributed by atoms with Crippen molar-refractivity contribution >= 4 is 12.0 Å². The molecule has 1 aromatic rings. The minimum Gasteiger partial charge on any atom is -1.00 e. The Balaban J connectivity index is 0.00000121. The summed E-state index contributed by atoms with van der Waals surface area (Å²) in [5.41, 5.74) is 6.34. The van der Waals surface area contributed by atoms with E-state index in [1.54, 1.807) is 10.6 Å². The maximum atomic E-state index is 8.24. The van der Waals surface area contributed by atoms with Crippen molar-refractivity contribution in [2.24, 2.45) is 12.2 Å². The van der Waals surface area contributed by atoms with Gasteiger partial charge in [0.25, 0.3) is 5.82 Å². The lowest BCUT2D eigenvalue weighted by atomic mass is 10.3. The first kappa shape index (κ1) is 11.2. The number of anilines is 1. The number of nitrogens with zero attached hydrogens (tertiary/aromatic N) is 2. The molecule has 0 unspecified atom stereocenters. The average molecular weight is 279 g/mol. The highest BCUT2D eigenvalue weighted by Crippen LogP contribution is 1.99. The highest BCUT2D eigenvalue weighted by atomic mass is 127. The minimum absolute atomic E-state index is 0. The Labute approximate surface area is 87.7 Å². The zero-order valence-corrected chi connectivity index (χ0v) is 8.76. The molecule has 3 N–H and O–H groups in total. The number of pyridine rings is 1. The van der Waals surface area contributed by atoms with Gasteiger partial charge in [-0.1, -0.05) is 5.16 Å². The van der Waals surface area contributed by atoms with Gasteiger partial charge in [0.05, 0.1) is 25.0 Å². The van der Waals surface area contributed by atoms with Crippen LogP contribution in [0.4, 0.5) is 5.82 Å². The van der Waals surface area contributed by atoms with Crippen molar-refractivity contribution in [1.82, 2.24) is 0 Å². The van der Waals surface area contributed by atoms with Crippen LogP contribution in [0.3, 0.4) is 0 Å². The van der Waals surface area contributed by atoms with Crippen molar-refractivity contribution < 1.29 is 33.8 Å². The van der Waals surface area contributed by atoms with Gasteiger partial charge in [0.2, 0.25) is 0 Å². The molecule has 4 nitrogen and oxygen atoms in total. The van der Waals surface area contributed by atoms with Gasteiger partial charge in [-0.3, -0.25) is 5.73 Å². The Bertz CT molecular complexity index is 288. The number of hydrogen-bond acceptors (Lipinski definition) is 3. The Kier molecular flexibility index (Phi) is 4.57. The predicted octanol–water partition coefficient (Wildman–Crippen LogP) is -3.09. The second-order valence-corrected chi connectivity index (χ2v) is 2.20. The molecule has 0 radical (unpaired) electrons. The van der Waals surface area contributed by atoms with Crippen LogP contribution in [0, 0.1) is 0 Å². The van der Waals surface area contributed by atoms with E-state index in [2.05, 4.69) is 5.16 Å². The zero-order chi connectivity index (χ0) is 8.27. The number of hydrogen-bond donors (Lipinski definition) is 2. The Hall–Kier alpha value is -0.850. The second kappa shape index (κ2) is 4.91. The van der Waals surface area contributed by atoms with Gasteiger partial charge in [-0.25, -0.2) is 4.57 Å². The number of aromatic nitrogens is 1. The first-order valence-electron chi connectivity index (χ1n) is 3.17. The smallest absolute Gasteiger partial charge is 0.281 e. The molecular weight excluding hydrogens is 269 g/mol. The summed E-state index contributed by atoms with van der Waals surface area (Å²) in [6.45, 7) is 0. The third-order valence-corrected chi connectivity index (χ3v) is 1.46. The zero-order valence-electron chi connectivity index (χ0n) is 6.61.